The lowest BCUT2D eigenvalue weighted by Gasteiger charge is -2.25. The third-order valence-corrected chi connectivity index (χ3v) is 3.77. The van der Waals surface area contributed by atoms with Crippen molar-refractivity contribution in [2.75, 3.05) is 27.2 Å². The quantitative estimate of drug-likeness (QED) is 0.639. The number of hydrogen-bond donors (Lipinski definition) is 0. The maximum absolute atomic E-state index is 2.72. The van der Waals surface area contributed by atoms with Crippen LogP contribution in [0, 0.1) is 0 Å². The van der Waals surface area contributed by atoms with Gasteiger partial charge in [-0.2, -0.15) is 0 Å². The molecule has 76 valence electrons. The predicted octanol–water partition coefficient (Wildman–Crippen LogP) is 1.56. The fraction of sp³-hybridized carbons (Fsp3) is 1.00. The first kappa shape index (κ1) is 9.47. The molecule has 0 amide bonds. The molecule has 0 bridgehead atoms. The third-order valence-electron chi connectivity index (χ3n) is 3.77. The van der Waals surface area contributed by atoms with E-state index in [1.165, 1.54) is 45.2 Å². The SMILES string of the molecule is CN(C)[C@H]1CCN(C2CCCC2)C1. The van der Waals surface area contributed by atoms with E-state index in [9.17, 15) is 0 Å². The van der Waals surface area contributed by atoms with E-state index < -0.39 is 0 Å². The average molecular weight is 182 g/mol. The molecule has 0 unspecified atom stereocenters. The Morgan fingerprint density at radius 3 is 2.31 bits per heavy atom. The molecule has 0 radical (unpaired) electrons. The standard InChI is InChI=1S/C11H22N2/c1-12(2)11-7-8-13(9-11)10-5-3-4-6-10/h10-11H,3-9H2,1-2H3/t11-/m0/s1. The van der Waals surface area contributed by atoms with E-state index in [0.29, 0.717) is 0 Å². The van der Waals surface area contributed by atoms with Crippen LogP contribution in [-0.4, -0.2) is 49.1 Å². The lowest BCUT2D eigenvalue weighted by Crippen LogP contribution is -2.35. The van der Waals surface area contributed by atoms with Crippen molar-refractivity contribution in [3.63, 3.8) is 0 Å². The van der Waals surface area contributed by atoms with Crippen molar-refractivity contribution < 1.29 is 0 Å². The van der Waals surface area contributed by atoms with Gasteiger partial charge in [0, 0.05) is 25.2 Å². The zero-order valence-corrected chi connectivity index (χ0v) is 9.00. The first-order chi connectivity index (χ1) is 6.27. The molecule has 0 aromatic heterocycles. The van der Waals surface area contributed by atoms with E-state index in [2.05, 4.69) is 23.9 Å². The fourth-order valence-corrected chi connectivity index (χ4v) is 2.79. The first-order valence-corrected chi connectivity index (χ1v) is 5.68. The summed E-state index contributed by atoms with van der Waals surface area (Å²) in [4.78, 5) is 5.10. The van der Waals surface area contributed by atoms with Crippen LogP contribution in [0.3, 0.4) is 0 Å². The molecule has 2 heteroatoms. The van der Waals surface area contributed by atoms with Crippen LogP contribution in [0.15, 0.2) is 0 Å². The Balaban J connectivity index is 1.83. The van der Waals surface area contributed by atoms with Crippen LogP contribution in [-0.2, 0) is 0 Å². The minimum Gasteiger partial charge on any atom is -0.305 e. The van der Waals surface area contributed by atoms with Crippen molar-refractivity contribution in [3.05, 3.63) is 0 Å². The van der Waals surface area contributed by atoms with Crippen molar-refractivity contribution in [1.29, 1.82) is 0 Å². The highest BCUT2D eigenvalue weighted by Gasteiger charge is 2.30. The van der Waals surface area contributed by atoms with Gasteiger partial charge in [-0.05, 0) is 33.4 Å². The number of likely N-dealkylation sites (tertiary alicyclic amines) is 1. The maximum atomic E-state index is 2.72. The zero-order chi connectivity index (χ0) is 9.26. The van der Waals surface area contributed by atoms with Crippen LogP contribution in [0.4, 0.5) is 0 Å². The van der Waals surface area contributed by atoms with Gasteiger partial charge < -0.3 is 4.90 Å². The molecule has 0 N–H and O–H groups in total. The van der Waals surface area contributed by atoms with Gasteiger partial charge in [-0.3, -0.25) is 4.90 Å². The molecule has 1 saturated heterocycles. The highest BCUT2D eigenvalue weighted by molar-refractivity contribution is 4.87. The van der Waals surface area contributed by atoms with E-state index in [0.717, 1.165) is 12.1 Å². The topological polar surface area (TPSA) is 6.48 Å². The molecular formula is C11H22N2. The van der Waals surface area contributed by atoms with Gasteiger partial charge in [0.1, 0.15) is 0 Å². The van der Waals surface area contributed by atoms with Crippen LogP contribution in [0.2, 0.25) is 0 Å². The molecule has 2 fully saturated rings. The molecule has 1 saturated carbocycles. The van der Waals surface area contributed by atoms with Crippen molar-refractivity contribution >= 4 is 0 Å². The molecule has 1 aliphatic carbocycles. The summed E-state index contributed by atoms with van der Waals surface area (Å²) < 4.78 is 0. The Morgan fingerprint density at radius 2 is 1.77 bits per heavy atom. The smallest absolute Gasteiger partial charge is 0.0229 e. The van der Waals surface area contributed by atoms with E-state index in [-0.39, 0.29) is 0 Å². The normalized spacial score (nSPS) is 32.1. The summed E-state index contributed by atoms with van der Waals surface area (Å²) in [7, 11) is 4.42. The lowest BCUT2D eigenvalue weighted by atomic mass is 10.2. The molecule has 2 nitrogen and oxygen atoms in total. The summed E-state index contributed by atoms with van der Waals surface area (Å²) >= 11 is 0. The molecule has 1 aliphatic heterocycles. The number of hydrogen-bond acceptors (Lipinski definition) is 2. The minimum absolute atomic E-state index is 0.820. The molecule has 2 rings (SSSR count). The van der Waals surface area contributed by atoms with Crippen LogP contribution in [0.5, 0.6) is 0 Å². The predicted molar refractivity (Wildman–Crippen MR) is 55.9 cm³/mol. The van der Waals surface area contributed by atoms with Gasteiger partial charge >= 0.3 is 0 Å². The highest BCUT2D eigenvalue weighted by atomic mass is 15.2. The second kappa shape index (κ2) is 3.97. The molecule has 0 aromatic carbocycles. The monoisotopic (exact) mass is 182 g/mol. The van der Waals surface area contributed by atoms with Gasteiger partial charge in [-0.25, -0.2) is 0 Å². The Labute approximate surface area is 81.9 Å². The molecular weight excluding hydrogens is 160 g/mol. The average Bonchev–Trinajstić information content (AvgIpc) is 2.75. The summed E-state index contributed by atoms with van der Waals surface area (Å²) in [5.74, 6) is 0. The molecule has 0 aromatic rings. The minimum atomic E-state index is 0.820. The molecule has 13 heavy (non-hydrogen) atoms. The Kier molecular flexibility index (Phi) is 2.89. The van der Waals surface area contributed by atoms with Gasteiger partial charge in [0.25, 0.3) is 0 Å². The first-order valence-electron chi connectivity index (χ1n) is 5.68. The number of likely N-dealkylation sites (N-methyl/N-ethyl adjacent to an activating group) is 1. The van der Waals surface area contributed by atoms with E-state index in [1.807, 2.05) is 0 Å². The fourth-order valence-electron chi connectivity index (χ4n) is 2.79. The maximum Gasteiger partial charge on any atom is 0.0229 e. The summed E-state index contributed by atoms with van der Waals surface area (Å²) in [6.07, 6.45) is 7.23. The molecule has 0 spiro atoms. The van der Waals surface area contributed by atoms with Gasteiger partial charge in [0.05, 0.1) is 0 Å². The van der Waals surface area contributed by atoms with Gasteiger partial charge in [0.15, 0.2) is 0 Å². The van der Waals surface area contributed by atoms with Crippen molar-refractivity contribution in [3.8, 4) is 0 Å². The van der Waals surface area contributed by atoms with Crippen LogP contribution in [0.1, 0.15) is 32.1 Å². The Bertz CT molecular complexity index is 161. The summed E-state index contributed by atoms with van der Waals surface area (Å²) in [5, 5.41) is 0. The highest BCUT2D eigenvalue weighted by Crippen LogP contribution is 2.27. The van der Waals surface area contributed by atoms with Crippen LogP contribution in [0.25, 0.3) is 0 Å². The molecule has 1 atom stereocenters. The van der Waals surface area contributed by atoms with E-state index in [1.54, 1.807) is 0 Å². The van der Waals surface area contributed by atoms with Crippen LogP contribution < -0.4 is 0 Å². The van der Waals surface area contributed by atoms with Gasteiger partial charge in [-0.15, -0.1) is 0 Å². The Hall–Kier alpha value is -0.0800. The van der Waals surface area contributed by atoms with Crippen molar-refractivity contribution in [2.24, 2.45) is 0 Å². The zero-order valence-electron chi connectivity index (χ0n) is 9.00. The second-order valence-electron chi connectivity index (χ2n) is 4.84. The third kappa shape index (κ3) is 2.05. The number of rotatable bonds is 2. The summed E-state index contributed by atoms with van der Waals surface area (Å²) in [6, 6.07) is 1.76. The van der Waals surface area contributed by atoms with E-state index >= 15 is 0 Å². The largest absolute Gasteiger partial charge is 0.305 e. The molecule has 2 aliphatic rings. The van der Waals surface area contributed by atoms with E-state index in [4.69, 9.17) is 0 Å². The van der Waals surface area contributed by atoms with Crippen LogP contribution >= 0.6 is 0 Å². The second-order valence-corrected chi connectivity index (χ2v) is 4.84. The number of nitrogens with zero attached hydrogens (tertiary/aromatic N) is 2. The summed E-state index contributed by atoms with van der Waals surface area (Å²) in [5.41, 5.74) is 0. The molecule has 1 heterocycles. The van der Waals surface area contributed by atoms with Gasteiger partial charge in [0.2, 0.25) is 0 Å². The summed E-state index contributed by atoms with van der Waals surface area (Å²) in [6.45, 7) is 2.66. The Morgan fingerprint density at radius 1 is 1.08 bits per heavy atom. The van der Waals surface area contributed by atoms with Gasteiger partial charge in [-0.1, -0.05) is 12.8 Å². The van der Waals surface area contributed by atoms with Crippen molar-refractivity contribution in [1.82, 2.24) is 9.80 Å². The van der Waals surface area contributed by atoms with Crippen molar-refractivity contribution in [2.45, 2.75) is 44.2 Å². The lowest BCUT2D eigenvalue weighted by molar-refractivity contribution is 0.217.